The summed E-state index contributed by atoms with van der Waals surface area (Å²) in [5.74, 6) is 1.31. The molecule has 10 nitrogen and oxygen atoms in total. The molecule has 2 aromatic carbocycles. The smallest absolute Gasteiger partial charge is 0.248 e. The predicted octanol–water partition coefficient (Wildman–Crippen LogP) is 1.92. The van der Waals surface area contributed by atoms with E-state index in [1.165, 1.54) is 7.11 Å². The highest BCUT2D eigenvalue weighted by Gasteiger charge is 2.16. The Hall–Kier alpha value is -4.21. The van der Waals surface area contributed by atoms with E-state index in [9.17, 15) is 4.79 Å². The molecule has 0 saturated heterocycles. The molecule has 0 fully saturated rings. The van der Waals surface area contributed by atoms with Crippen LogP contribution in [0.15, 0.2) is 42.5 Å². The summed E-state index contributed by atoms with van der Waals surface area (Å²) in [6.45, 7) is 0.941. The fourth-order valence-corrected chi connectivity index (χ4v) is 3.61. The van der Waals surface area contributed by atoms with E-state index in [0.29, 0.717) is 53.1 Å². The number of fused-ring (bicyclic) bond motifs is 2. The normalized spacial score (nSPS) is 11.5. The van der Waals surface area contributed by atoms with Crippen molar-refractivity contribution in [2.24, 2.45) is 5.73 Å². The molecule has 31 heavy (non-hydrogen) atoms. The number of nitrogens with zero attached hydrogens (tertiary/aromatic N) is 4. The van der Waals surface area contributed by atoms with E-state index in [1.807, 2.05) is 34.9 Å². The van der Waals surface area contributed by atoms with E-state index < -0.39 is 5.91 Å². The average molecular weight is 421 g/mol. The van der Waals surface area contributed by atoms with E-state index in [2.05, 4.69) is 9.97 Å². The van der Waals surface area contributed by atoms with Crippen molar-refractivity contribution in [3.63, 3.8) is 0 Å². The maximum atomic E-state index is 11.6. The van der Waals surface area contributed by atoms with Gasteiger partial charge in [0.1, 0.15) is 22.5 Å². The molecule has 0 unspecified atom stereocenters. The first-order valence-corrected chi connectivity index (χ1v) is 9.51. The lowest BCUT2D eigenvalue weighted by Crippen LogP contribution is -2.11. The number of ether oxygens (including phenoxy) is 2. The van der Waals surface area contributed by atoms with Crippen molar-refractivity contribution in [3.8, 4) is 11.5 Å². The molecule has 0 spiro atoms. The van der Waals surface area contributed by atoms with Crippen LogP contribution in [-0.4, -0.2) is 39.2 Å². The molecule has 4 aromatic rings. The molecule has 0 aliphatic rings. The number of hydrogen-bond donors (Lipinski definition) is 3. The lowest BCUT2D eigenvalue weighted by Gasteiger charge is -2.09. The molecule has 4 rings (SSSR count). The molecule has 10 heteroatoms. The molecule has 6 N–H and O–H groups in total. The molecule has 0 radical (unpaired) electrons. The lowest BCUT2D eigenvalue weighted by molar-refractivity contribution is 0.1000. The zero-order chi connectivity index (χ0) is 22.1. The maximum absolute atomic E-state index is 11.6. The van der Waals surface area contributed by atoms with Crippen LogP contribution >= 0.6 is 0 Å². The summed E-state index contributed by atoms with van der Waals surface area (Å²) in [7, 11) is 3.13. The second-order valence-corrected chi connectivity index (χ2v) is 6.87. The van der Waals surface area contributed by atoms with Crippen LogP contribution in [0.3, 0.4) is 0 Å². The summed E-state index contributed by atoms with van der Waals surface area (Å²) in [6.07, 6.45) is 3.90. The van der Waals surface area contributed by atoms with Crippen LogP contribution in [-0.2, 0) is 13.1 Å². The Bertz CT molecular complexity index is 1320. The first-order chi connectivity index (χ1) is 14.9. The molecular weight excluding hydrogens is 398 g/mol. The Morgan fingerprint density at radius 1 is 0.935 bits per heavy atom. The number of anilines is 2. The fourth-order valence-electron chi connectivity index (χ4n) is 3.61. The van der Waals surface area contributed by atoms with E-state index in [4.69, 9.17) is 26.7 Å². The second-order valence-electron chi connectivity index (χ2n) is 6.87. The maximum Gasteiger partial charge on any atom is 0.248 e. The number of hydrogen-bond acceptors (Lipinski definition) is 7. The minimum atomic E-state index is -0.561. The van der Waals surface area contributed by atoms with Crippen LogP contribution in [0.25, 0.3) is 22.1 Å². The Morgan fingerprint density at radius 3 is 2.10 bits per heavy atom. The third-order valence-corrected chi connectivity index (χ3v) is 5.06. The largest absolute Gasteiger partial charge is 0.494 e. The third-order valence-electron chi connectivity index (χ3n) is 5.06. The number of primary amides is 1. The van der Waals surface area contributed by atoms with Crippen molar-refractivity contribution < 1.29 is 14.3 Å². The average Bonchev–Trinajstić information content (AvgIpc) is 3.25. The highest BCUT2D eigenvalue weighted by atomic mass is 16.5. The lowest BCUT2D eigenvalue weighted by atomic mass is 10.1. The number of methoxy groups -OCH3 is 2. The van der Waals surface area contributed by atoms with Gasteiger partial charge in [-0.25, -0.2) is 9.97 Å². The van der Waals surface area contributed by atoms with Crippen molar-refractivity contribution in [3.05, 3.63) is 48.0 Å². The van der Waals surface area contributed by atoms with Gasteiger partial charge in [-0.2, -0.15) is 0 Å². The molecule has 160 valence electrons. The van der Waals surface area contributed by atoms with Gasteiger partial charge in [-0.3, -0.25) is 4.79 Å². The number of imidazole rings is 2. The highest BCUT2D eigenvalue weighted by molar-refractivity contribution is 5.98. The quantitative estimate of drug-likeness (QED) is 0.386. The van der Waals surface area contributed by atoms with Gasteiger partial charge in [-0.15, -0.1) is 0 Å². The summed E-state index contributed by atoms with van der Waals surface area (Å²) in [5, 5.41) is 0. The summed E-state index contributed by atoms with van der Waals surface area (Å²) < 4.78 is 14.6. The zero-order valence-corrected chi connectivity index (χ0v) is 17.2. The number of rotatable bonds is 7. The number of carbonyl (C=O) groups is 1. The summed E-state index contributed by atoms with van der Waals surface area (Å²) in [5.41, 5.74) is 20.7. The van der Waals surface area contributed by atoms with Crippen molar-refractivity contribution >= 4 is 39.9 Å². The van der Waals surface area contributed by atoms with Crippen molar-refractivity contribution in [2.45, 2.75) is 13.1 Å². The van der Waals surface area contributed by atoms with Gasteiger partial charge in [-0.1, -0.05) is 18.2 Å². The SMILES string of the molecule is COc1cccc2nc(N)n(CC=CCn3c(N)nc4cc(C(N)=O)cc(OC)c43)c12. The predicted molar refractivity (Wildman–Crippen MR) is 119 cm³/mol. The van der Waals surface area contributed by atoms with E-state index in [1.54, 1.807) is 23.8 Å². The number of carbonyl (C=O) groups excluding carboxylic acids is 1. The molecule has 0 saturated carbocycles. The molecule has 0 bridgehead atoms. The van der Waals surface area contributed by atoms with Gasteiger partial charge < -0.3 is 35.8 Å². The van der Waals surface area contributed by atoms with Crippen LogP contribution in [0.5, 0.6) is 11.5 Å². The number of nitrogens with two attached hydrogens (primary N) is 3. The van der Waals surface area contributed by atoms with Gasteiger partial charge in [0.2, 0.25) is 17.8 Å². The Kier molecular flexibility index (Phi) is 5.12. The standard InChI is InChI=1S/C21H23N7O3/c1-30-15-7-5-6-13-17(15)27(20(23)25-13)8-3-4-9-28-18-14(26-21(28)24)10-12(19(22)29)11-16(18)31-2/h3-7,10-11H,8-9H2,1-2H3,(H2,22,29)(H2,23,25)(H2,24,26). The minimum absolute atomic E-state index is 0.300. The number of aromatic nitrogens is 4. The van der Waals surface area contributed by atoms with Crippen LogP contribution in [0.1, 0.15) is 10.4 Å². The van der Waals surface area contributed by atoms with Crippen LogP contribution < -0.4 is 26.7 Å². The zero-order valence-electron chi connectivity index (χ0n) is 17.2. The fraction of sp³-hybridized carbons (Fsp3) is 0.190. The van der Waals surface area contributed by atoms with Gasteiger partial charge in [0.05, 0.1) is 25.3 Å². The molecular formula is C21H23N7O3. The van der Waals surface area contributed by atoms with Gasteiger partial charge in [-0.05, 0) is 24.3 Å². The molecule has 0 aliphatic heterocycles. The van der Waals surface area contributed by atoms with Gasteiger partial charge in [0.15, 0.2) is 0 Å². The van der Waals surface area contributed by atoms with Crippen LogP contribution in [0, 0.1) is 0 Å². The molecule has 0 aliphatic carbocycles. The highest BCUT2D eigenvalue weighted by Crippen LogP contribution is 2.30. The van der Waals surface area contributed by atoms with E-state index in [0.717, 1.165) is 11.0 Å². The molecule has 2 heterocycles. The number of para-hydroxylation sites is 1. The van der Waals surface area contributed by atoms with E-state index >= 15 is 0 Å². The Morgan fingerprint density at radius 2 is 1.52 bits per heavy atom. The van der Waals surface area contributed by atoms with Crippen molar-refractivity contribution in [1.82, 2.24) is 19.1 Å². The van der Waals surface area contributed by atoms with Gasteiger partial charge in [0.25, 0.3) is 0 Å². The minimum Gasteiger partial charge on any atom is -0.494 e. The van der Waals surface area contributed by atoms with Crippen LogP contribution in [0.4, 0.5) is 11.9 Å². The Labute approximate surface area is 177 Å². The summed E-state index contributed by atoms with van der Waals surface area (Å²) in [4.78, 5) is 20.3. The summed E-state index contributed by atoms with van der Waals surface area (Å²) >= 11 is 0. The van der Waals surface area contributed by atoms with Gasteiger partial charge >= 0.3 is 0 Å². The number of nitrogen functional groups attached to an aromatic ring is 2. The Balaban J connectivity index is 1.63. The van der Waals surface area contributed by atoms with Crippen molar-refractivity contribution in [1.29, 1.82) is 0 Å². The monoisotopic (exact) mass is 421 g/mol. The molecule has 1 amide bonds. The number of benzene rings is 2. The number of amides is 1. The molecule has 2 aromatic heterocycles. The third kappa shape index (κ3) is 3.48. The first-order valence-electron chi connectivity index (χ1n) is 9.51. The topological polar surface area (TPSA) is 149 Å². The van der Waals surface area contributed by atoms with E-state index in [-0.39, 0.29) is 0 Å². The van der Waals surface area contributed by atoms with Crippen molar-refractivity contribution in [2.75, 3.05) is 25.7 Å². The second kappa shape index (κ2) is 7.90. The van der Waals surface area contributed by atoms with Crippen LogP contribution in [0.2, 0.25) is 0 Å². The molecule has 0 atom stereocenters. The first kappa shape index (κ1) is 20.1. The number of allylic oxidation sites excluding steroid dienone is 2. The van der Waals surface area contributed by atoms with Gasteiger partial charge in [0, 0.05) is 18.7 Å². The summed E-state index contributed by atoms with van der Waals surface area (Å²) in [6, 6.07) is 8.81.